The highest BCUT2D eigenvalue weighted by atomic mass is 32.2. The largest absolute Gasteiger partial charge is 0.336 e. The van der Waals surface area contributed by atoms with Crippen molar-refractivity contribution in [3.63, 3.8) is 0 Å². The molecule has 1 atom stereocenters. The average molecular weight is 247 g/mol. The molecule has 0 aromatic rings. The second-order valence-electron chi connectivity index (χ2n) is 3.61. The van der Waals surface area contributed by atoms with Gasteiger partial charge in [0.1, 0.15) is 6.04 Å². The van der Waals surface area contributed by atoms with Crippen molar-refractivity contribution in [1.29, 1.82) is 0 Å². The van der Waals surface area contributed by atoms with E-state index in [1.807, 2.05) is 0 Å². The van der Waals surface area contributed by atoms with Crippen LogP contribution in [0.5, 0.6) is 0 Å². The number of hydrogen-bond donors (Lipinski definition) is 1. The van der Waals surface area contributed by atoms with Crippen LogP contribution in [-0.2, 0) is 19.6 Å². The summed E-state index contributed by atoms with van der Waals surface area (Å²) >= 11 is 0. The fourth-order valence-corrected chi connectivity index (χ4v) is 2.77. The van der Waals surface area contributed by atoms with Crippen molar-refractivity contribution in [1.82, 2.24) is 9.62 Å². The standard InChI is InChI=1S/C9H15N2O4S/c1-2-16(14,15)11-6-4-3-5-8(9(11)13)10-7-12/h8H,2-6H2,1H3,(H,10,12)/t8-/m0/s1. The molecular formula is C9H15N2O4S. The third-order valence-electron chi connectivity index (χ3n) is 2.58. The first kappa shape index (κ1) is 13.0. The van der Waals surface area contributed by atoms with E-state index in [1.165, 1.54) is 13.3 Å². The highest BCUT2D eigenvalue weighted by molar-refractivity contribution is 7.89. The van der Waals surface area contributed by atoms with Gasteiger partial charge in [-0.05, 0) is 26.2 Å². The van der Waals surface area contributed by atoms with Crippen LogP contribution in [0.3, 0.4) is 0 Å². The molecule has 2 amide bonds. The van der Waals surface area contributed by atoms with E-state index in [9.17, 15) is 18.0 Å². The van der Waals surface area contributed by atoms with Gasteiger partial charge in [-0.15, -0.1) is 0 Å². The zero-order valence-corrected chi connectivity index (χ0v) is 9.92. The van der Waals surface area contributed by atoms with E-state index in [2.05, 4.69) is 5.32 Å². The molecule has 91 valence electrons. The summed E-state index contributed by atoms with van der Waals surface area (Å²) in [7, 11) is -3.53. The van der Waals surface area contributed by atoms with Crippen LogP contribution in [0.25, 0.3) is 0 Å². The van der Waals surface area contributed by atoms with Crippen molar-refractivity contribution < 1.29 is 18.0 Å². The Morgan fingerprint density at radius 2 is 2.19 bits per heavy atom. The van der Waals surface area contributed by atoms with Crippen LogP contribution < -0.4 is 5.32 Å². The summed E-state index contributed by atoms with van der Waals surface area (Å²) in [6.07, 6.45) is 3.24. The second-order valence-corrected chi connectivity index (χ2v) is 5.79. The van der Waals surface area contributed by atoms with E-state index in [0.717, 1.165) is 4.31 Å². The van der Waals surface area contributed by atoms with Gasteiger partial charge in [0, 0.05) is 6.54 Å². The lowest BCUT2D eigenvalue weighted by atomic mass is 10.1. The summed E-state index contributed by atoms with van der Waals surface area (Å²) in [6.45, 7) is 1.69. The summed E-state index contributed by atoms with van der Waals surface area (Å²) in [4.78, 5) is 22.0. The van der Waals surface area contributed by atoms with Crippen molar-refractivity contribution in [3.8, 4) is 0 Å². The Morgan fingerprint density at radius 3 is 2.75 bits per heavy atom. The molecule has 1 radical (unpaired) electrons. The minimum atomic E-state index is -3.53. The number of nitrogens with zero attached hydrogens (tertiary/aromatic N) is 1. The molecule has 7 heteroatoms. The quantitative estimate of drug-likeness (QED) is 0.671. The topological polar surface area (TPSA) is 83.6 Å². The zero-order valence-electron chi connectivity index (χ0n) is 9.10. The molecule has 0 saturated carbocycles. The van der Waals surface area contributed by atoms with Gasteiger partial charge in [0.15, 0.2) is 0 Å². The van der Waals surface area contributed by atoms with E-state index < -0.39 is 22.0 Å². The predicted molar refractivity (Wildman–Crippen MR) is 57.6 cm³/mol. The molecular weight excluding hydrogens is 232 g/mol. The average Bonchev–Trinajstić information content (AvgIpc) is 2.43. The highest BCUT2D eigenvalue weighted by Crippen LogP contribution is 2.15. The molecule has 1 saturated heterocycles. The van der Waals surface area contributed by atoms with Gasteiger partial charge in [-0.25, -0.2) is 12.7 Å². The molecule has 0 aliphatic carbocycles. The Kier molecular flexibility index (Phi) is 4.28. The molecule has 0 aromatic carbocycles. The van der Waals surface area contributed by atoms with Crippen molar-refractivity contribution >= 4 is 22.3 Å². The maximum Gasteiger partial charge on any atom is 0.309 e. The van der Waals surface area contributed by atoms with Crippen LogP contribution in [-0.4, -0.2) is 43.4 Å². The van der Waals surface area contributed by atoms with Crippen LogP contribution in [0.4, 0.5) is 0 Å². The molecule has 0 aromatic heterocycles. The number of nitrogens with one attached hydrogen (secondary N) is 1. The van der Waals surface area contributed by atoms with Gasteiger partial charge in [-0.2, -0.15) is 0 Å². The number of carbonyl (C=O) groups is 1. The van der Waals surface area contributed by atoms with Crippen LogP contribution in [0, 0.1) is 0 Å². The van der Waals surface area contributed by atoms with E-state index >= 15 is 0 Å². The van der Waals surface area contributed by atoms with Crippen molar-refractivity contribution in [2.24, 2.45) is 0 Å². The highest BCUT2D eigenvalue weighted by Gasteiger charge is 2.33. The lowest BCUT2D eigenvalue weighted by molar-refractivity contribution is -0.127. The van der Waals surface area contributed by atoms with Crippen molar-refractivity contribution in [2.45, 2.75) is 32.2 Å². The maximum atomic E-state index is 11.8. The summed E-state index contributed by atoms with van der Waals surface area (Å²) in [6, 6.07) is -0.763. The molecule has 1 N–H and O–H groups in total. The second kappa shape index (κ2) is 5.29. The Bertz CT molecular complexity index is 366. The first-order valence-corrected chi connectivity index (χ1v) is 6.80. The summed E-state index contributed by atoms with van der Waals surface area (Å²) < 4.78 is 24.2. The fraction of sp³-hybridized carbons (Fsp3) is 0.778. The zero-order chi connectivity index (χ0) is 12.2. The van der Waals surface area contributed by atoms with Crippen molar-refractivity contribution in [2.75, 3.05) is 12.3 Å². The van der Waals surface area contributed by atoms with Crippen LogP contribution in [0.1, 0.15) is 26.2 Å². The SMILES string of the molecule is CCS(=O)(=O)N1CCCC[C@H](N[C]=O)C1=O. The molecule has 1 heterocycles. The van der Waals surface area contributed by atoms with E-state index in [-0.39, 0.29) is 12.3 Å². The van der Waals surface area contributed by atoms with Gasteiger partial charge in [-0.1, -0.05) is 0 Å². The van der Waals surface area contributed by atoms with Gasteiger partial charge >= 0.3 is 6.41 Å². The molecule has 1 fully saturated rings. The Morgan fingerprint density at radius 1 is 1.50 bits per heavy atom. The van der Waals surface area contributed by atoms with Gasteiger partial charge in [-0.3, -0.25) is 9.59 Å². The summed E-state index contributed by atoms with van der Waals surface area (Å²) in [5.74, 6) is -0.668. The van der Waals surface area contributed by atoms with Gasteiger partial charge in [0.05, 0.1) is 5.75 Å². The number of rotatable bonds is 4. The molecule has 1 rings (SSSR count). The molecule has 1 aliphatic heterocycles. The minimum absolute atomic E-state index is 0.115. The third-order valence-corrected chi connectivity index (χ3v) is 4.35. The summed E-state index contributed by atoms with van der Waals surface area (Å²) in [5.41, 5.74) is 0. The number of carbonyl (C=O) groups excluding carboxylic acids is 2. The van der Waals surface area contributed by atoms with Crippen molar-refractivity contribution in [3.05, 3.63) is 0 Å². The van der Waals surface area contributed by atoms with Gasteiger partial charge in [0.25, 0.3) is 5.91 Å². The third kappa shape index (κ3) is 2.72. The monoisotopic (exact) mass is 247 g/mol. The Hall–Kier alpha value is -1.11. The normalized spacial score (nSPS) is 22.7. The lowest BCUT2D eigenvalue weighted by Gasteiger charge is -2.22. The smallest absolute Gasteiger partial charge is 0.309 e. The van der Waals surface area contributed by atoms with E-state index in [0.29, 0.717) is 19.3 Å². The molecule has 6 nitrogen and oxygen atoms in total. The Labute approximate surface area is 95.0 Å². The van der Waals surface area contributed by atoms with Gasteiger partial charge < -0.3 is 5.32 Å². The van der Waals surface area contributed by atoms with Gasteiger partial charge in [0.2, 0.25) is 10.0 Å². The number of hydrogen-bond acceptors (Lipinski definition) is 4. The number of sulfonamides is 1. The Balaban J connectivity index is 2.92. The van der Waals surface area contributed by atoms with Crippen LogP contribution >= 0.6 is 0 Å². The van der Waals surface area contributed by atoms with Crippen LogP contribution in [0.15, 0.2) is 0 Å². The first-order valence-electron chi connectivity index (χ1n) is 5.20. The van der Waals surface area contributed by atoms with E-state index in [1.54, 1.807) is 0 Å². The summed E-state index contributed by atoms with van der Waals surface area (Å²) in [5, 5.41) is 2.24. The minimum Gasteiger partial charge on any atom is -0.336 e. The van der Waals surface area contributed by atoms with E-state index in [4.69, 9.17) is 0 Å². The molecule has 1 aliphatic rings. The fourth-order valence-electron chi connectivity index (χ4n) is 1.65. The number of amides is 2. The maximum absolute atomic E-state index is 11.8. The predicted octanol–water partition coefficient (Wildman–Crippen LogP) is -0.626. The lowest BCUT2D eigenvalue weighted by Crippen LogP contribution is -2.47. The van der Waals surface area contributed by atoms with Crippen LogP contribution in [0.2, 0.25) is 0 Å². The molecule has 0 unspecified atom stereocenters. The molecule has 0 spiro atoms. The molecule has 16 heavy (non-hydrogen) atoms. The molecule has 0 bridgehead atoms. The first-order chi connectivity index (χ1) is 7.53.